The van der Waals surface area contributed by atoms with E-state index in [-0.39, 0.29) is 0 Å². The summed E-state index contributed by atoms with van der Waals surface area (Å²) in [7, 11) is 0. The van der Waals surface area contributed by atoms with Crippen LogP contribution in [0.2, 0.25) is 0 Å². The average molecular weight is 327 g/mol. The van der Waals surface area contributed by atoms with Crippen LogP contribution in [0.1, 0.15) is 11.1 Å². The first kappa shape index (κ1) is 13.1. The lowest BCUT2D eigenvalue weighted by molar-refractivity contribution is 0.872. The van der Waals surface area contributed by atoms with Crippen molar-refractivity contribution in [2.45, 2.75) is 13.8 Å². The van der Waals surface area contributed by atoms with Crippen molar-refractivity contribution in [2.75, 3.05) is 0 Å². The molecule has 3 aromatic rings. The summed E-state index contributed by atoms with van der Waals surface area (Å²) in [5.41, 5.74) is 5.94. The maximum atomic E-state index is 4.50. The fourth-order valence-electron chi connectivity index (χ4n) is 2.37. The fraction of sp³-hybridized carbons (Fsp3) is 0.118. The van der Waals surface area contributed by atoms with E-state index in [1.54, 1.807) is 0 Å². The topological polar surface area (TPSA) is 17.8 Å². The molecule has 3 rings (SSSR count). The molecule has 2 nitrogen and oxygen atoms in total. The van der Waals surface area contributed by atoms with Gasteiger partial charge in [0, 0.05) is 16.2 Å². The first-order valence-corrected chi connectivity index (χ1v) is 7.31. The molecular weight excluding hydrogens is 312 g/mol. The molecule has 100 valence electrons. The first-order valence-electron chi connectivity index (χ1n) is 6.52. The summed E-state index contributed by atoms with van der Waals surface area (Å²) < 4.78 is 3.02. The maximum Gasteiger partial charge on any atom is 0.0675 e. The predicted molar refractivity (Wildman–Crippen MR) is 86.2 cm³/mol. The van der Waals surface area contributed by atoms with Crippen molar-refractivity contribution in [2.24, 2.45) is 0 Å². The van der Waals surface area contributed by atoms with Crippen LogP contribution < -0.4 is 0 Å². The van der Waals surface area contributed by atoms with Gasteiger partial charge in [-0.15, -0.1) is 0 Å². The zero-order chi connectivity index (χ0) is 14.1. The highest BCUT2D eigenvalue weighted by Gasteiger charge is 2.07. The Bertz CT molecular complexity index is 759. The Morgan fingerprint density at radius 2 is 1.80 bits per heavy atom. The van der Waals surface area contributed by atoms with Crippen LogP contribution in [0.15, 0.2) is 59.3 Å². The van der Waals surface area contributed by atoms with Crippen LogP contribution >= 0.6 is 15.9 Å². The second-order valence-electron chi connectivity index (χ2n) is 4.92. The number of hydrogen-bond acceptors (Lipinski definition) is 1. The van der Waals surface area contributed by atoms with Gasteiger partial charge in [-0.2, -0.15) is 5.10 Å². The van der Waals surface area contributed by atoms with E-state index in [1.165, 1.54) is 16.7 Å². The van der Waals surface area contributed by atoms with Gasteiger partial charge in [0.05, 0.1) is 11.9 Å². The van der Waals surface area contributed by atoms with E-state index in [9.17, 15) is 0 Å². The molecule has 0 aliphatic rings. The van der Waals surface area contributed by atoms with Crippen molar-refractivity contribution in [3.05, 3.63) is 70.5 Å². The van der Waals surface area contributed by atoms with Crippen molar-refractivity contribution < 1.29 is 0 Å². The number of rotatable bonds is 2. The Hall–Kier alpha value is -1.87. The Morgan fingerprint density at radius 1 is 1.00 bits per heavy atom. The second kappa shape index (κ2) is 5.25. The van der Waals surface area contributed by atoms with E-state index < -0.39 is 0 Å². The molecule has 0 saturated heterocycles. The maximum absolute atomic E-state index is 4.50. The number of aromatic nitrogens is 2. The van der Waals surface area contributed by atoms with Crippen molar-refractivity contribution in [1.82, 2.24) is 9.78 Å². The number of nitrogens with zero attached hydrogens (tertiary/aromatic N) is 2. The number of halogens is 1. The minimum atomic E-state index is 1.09. The molecule has 0 N–H and O–H groups in total. The molecule has 1 aromatic heterocycles. The molecule has 0 spiro atoms. The Balaban J connectivity index is 2.04. The molecule has 0 amide bonds. The largest absolute Gasteiger partial charge is 0.240 e. The van der Waals surface area contributed by atoms with E-state index in [0.717, 1.165) is 15.7 Å². The lowest BCUT2D eigenvalue weighted by Gasteiger charge is -2.06. The summed E-state index contributed by atoms with van der Waals surface area (Å²) >= 11 is 3.49. The summed E-state index contributed by atoms with van der Waals surface area (Å²) in [6.45, 7) is 4.22. The summed E-state index contributed by atoms with van der Waals surface area (Å²) in [6.07, 6.45) is 4.00. The van der Waals surface area contributed by atoms with Gasteiger partial charge in [-0.05, 0) is 48.7 Å². The minimum Gasteiger partial charge on any atom is -0.240 e. The predicted octanol–water partition coefficient (Wildman–Crippen LogP) is 4.92. The molecule has 0 radical (unpaired) electrons. The van der Waals surface area contributed by atoms with Crippen LogP contribution in [-0.2, 0) is 0 Å². The molecule has 1 heterocycles. The van der Waals surface area contributed by atoms with Gasteiger partial charge in [0.15, 0.2) is 0 Å². The van der Waals surface area contributed by atoms with Crippen molar-refractivity contribution >= 4 is 15.9 Å². The molecule has 0 aliphatic carbocycles. The summed E-state index contributed by atoms with van der Waals surface area (Å²) in [4.78, 5) is 0. The van der Waals surface area contributed by atoms with E-state index in [4.69, 9.17) is 0 Å². The van der Waals surface area contributed by atoms with Crippen LogP contribution in [0.25, 0.3) is 16.8 Å². The highest BCUT2D eigenvalue weighted by Crippen LogP contribution is 2.25. The lowest BCUT2D eigenvalue weighted by atomic mass is 10.0. The molecular formula is C17H15BrN2. The smallest absolute Gasteiger partial charge is 0.0675 e. The highest BCUT2D eigenvalue weighted by atomic mass is 79.9. The van der Waals surface area contributed by atoms with Gasteiger partial charge in [0.25, 0.3) is 0 Å². The van der Waals surface area contributed by atoms with Crippen molar-refractivity contribution in [3.8, 4) is 16.8 Å². The van der Waals surface area contributed by atoms with E-state index in [0.29, 0.717) is 0 Å². The molecule has 3 heteroatoms. The van der Waals surface area contributed by atoms with Gasteiger partial charge in [-0.25, -0.2) is 4.68 Å². The fourth-order valence-corrected chi connectivity index (χ4v) is 2.84. The zero-order valence-electron chi connectivity index (χ0n) is 11.5. The highest BCUT2D eigenvalue weighted by molar-refractivity contribution is 9.10. The van der Waals surface area contributed by atoms with Crippen LogP contribution in [0.3, 0.4) is 0 Å². The quantitative estimate of drug-likeness (QED) is 0.653. The van der Waals surface area contributed by atoms with E-state index in [1.807, 2.05) is 16.9 Å². The van der Waals surface area contributed by atoms with Gasteiger partial charge in [0.1, 0.15) is 0 Å². The third-order valence-corrected chi connectivity index (χ3v) is 3.94. The van der Waals surface area contributed by atoms with Crippen molar-refractivity contribution in [1.29, 1.82) is 0 Å². The summed E-state index contributed by atoms with van der Waals surface area (Å²) in [5, 5.41) is 4.50. The molecule has 0 atom stereocenters. The van der Waals surface area contributed by atoms with Gasteiger partial charge in [-0.1, -0.05) is 40.2 Å². The second-order valence-corrected chi connectivity index (χ2v) is 5.83. The van der Waals surface area contributed by atoms with Crippen LogP contribution in [0.4, 0.5) is 0 Å². The molecule has 0 unspecified atom stereocenters. The Morgan fingerprint density at radius 3 is 2.55 bits per heavy atom. The van der Waals surface area contributed by atoms with Gasteiger partial charge < -0.3 is 0 Å². The van der Waals surface area contributed by atoms with E-state index in [2.05, 4.69) is 77.5 Å². The van der Waals surface area contributed by atoms with Gasteiger partial charge in [-0.3, -0.25) is 0 Å². The normalized spacial score (nSPS) is 10.8. The lowest BCUT2D eigenvalue weighted by Crippen LogP contribution is -1.96. The Kier molecular flexibility index (Phi) is 3.45. The monoisotopic (exact) mass is 326 g/mol. The van der Waals surface area contributed by atoms with Crippen LogP contribution in [0, 0.1) is 13.8 Å². The molecule has 2 aromatic carbocycles. The minimum absolute atomic E-state index is 1.09. The molecule has 20 heavy (non-hydrogen) atoms. The first-order chi connectivity index (χ1) is 9.65. The third-order valence-electron chi connectivity index (χ3n) is 3.44. The third kappa shape index (κ3) is 2.41. The zero-order valence-corrected chi connectivity index (χ0v) is 13.1. The molecule has 0 fully saturated rings. The van der Waals surface area contributed by atoms with Gasteiger partial charge >= 0.3 is 0 Å². The number of aryl methyl sites for hydroxylation is 2. The van der Waals surface area contributed by atoms with Crippen LogP contribution in [0.5, 0.6) is 0 Å². The van der Waals surface area contributed by atoms with Crippen molar-refractivity contribution in [3.63, 3.8) is 0 Å². The summed E-state index contributed by atoms with van der Waals surface area (Å²) in [6, 6.07) is 14.6. The van der Waals surface area contributed by atoms with Gasteiger partial charge in [0.2, 0.25) is 0 Å². The SMILES string of the molecule is Cc1ccccc1-c1cnn(-c2ccc(Br)cc2C)c1. The standard InChI is InChI=1S/C17H15BrN2/c1-12-5-3-4-6-16(12)14-10-19-20(11-14)17-8-7-15(18)9-13(17)2/h3-11H,1-2H3. The van der Waals surface area contributed by atoms with E-state index >= 15 is 0 Å². The molecule has 0 saturated carbocycles. The average Bonchev–Trinajstić information content (AvgIpc) is 2.88. The Labute approximate surface area is 127 Å². The van der Waals surface area contributed by atoms with Crippen LogP contribution in [-0.4, -0.2) is 9.78 Å². The number of benzene rings is 2. The molecule has 0 bridgehead atoms. The molecule has 0 aliphatic heterocycles. The number of hydrogen-bond donors (Lipinski definition) is 0. The summed E-state index contributed by atoms with van der Waals surface area (Å²) in [5.74, 6) is 0.